The Bertz CT molecular complexity index is 476. The van der Waals surface area contributed by atoms with Gasteiger partial charge in [-0.15, -0.1) is 0 Å². The first kappa shape index (κ1) is 15.3. The molecular weight excluding hydrogens is 270 g/mol. The van der Waals surface area contributed by atoms with Gasteiger partial charge in [0.2, 0.25) is 5.91 Å². The predicted octanol–water partition coefficient (Wildman–Crippen LogP) is 1.96. The van der Waals surface area contributed by atoms with Crippen molar-refractivity contribution in [3.63, 3.8) is 0 Å². The van der Waals surface area contributed by atoms with Crippen molar-refractivity contribution < 1.29 is 19.8 Å². The molecule has 1 atom stereocenters. The lowest BCUT2D eigenvalue weighted by Gasteiger charge is -2.18. The van der Waals surface area contributed by atoms with Crippen LogP contribution in [0.5, 0.6) is 5.75 Å². The van der Waals surface area contributed by atoms with Gasteiger partial charge in [0.15, 0.2) is 0 Å². The minimum Gasteiger partial charge on any atom is -0.508 e. The molecule has 0 bridgehead atoms. The van der Waals surface area contributed by atoms with Gasteiger partial charge in [-0.3, -0.25) is 9.59 Å². The number of aromatic hydroxyl groups is 1. The van der Waals surface area contributed by atoms with Crippen LogP contribution in [0.15, 0.2) is 18.2 Å². The average Bonchev–Trinajstić information content (AvgIpc) is 2.30. The minimum atomic E-state index is -0.925. The molecule has 104 valence electrons. The summed E-state index contributed by atoms with van der Waals surface area (Å²) >= 11 is 5.84. The zero-order chi connectivity index (χ0) is 14.4. The summed E-state index contributed by atoms with van der Waals surface area (Å²) in [7, 11) is 0. The molecule has 1 aromatic carbocycles. The lowest BCUT2D eigenvalue weighted by molar-refractivity contribution is -0.137. The molecule has 0 aliphatic rings. The van der Waals surface area contributed by atoms with Crippen LogP contribution in [0.2, 0.25) is 5.02 Å². The number of carboxylic acids is 1. The second-order valence-electron chi connectivity index (χ2n) is 4.31. The van der Waals surface area contributed by atoms with Crippen molar-refractivity contribution >= 4 is 23.5 Å². The Morgan fingerprint density at radius 2 is 2.11 bits per heavy atom. The van der Waals surface area contributed by atoms with Crippen molar-refractivity contribution in [3.05, 3.63) is 28.8 Å². The third-order valence-corrected chi connectivity index (χ3v) is 2.86. The van der Waals surface area contributed by atoms with Crippen molar-refractivity contribution in [2.24, 2.45) is 0 Å². The normalized spacial score (nSPS) is 11.9. The van der Waals surface area contributed by atoms with Crippen LogP contribution in [0.1, 0.15) is 25.3 Å². The summed E-state index contributed by atoms with van der Waals surface area (Å²) in [5.41, 5.74) is 0.580. The predicted molar refractivity (Wildman–Crippen MR) is 71.3 cm³/mol. The topological polar surface area (TPSA) is 86.6 Å². The maximum Gasteiger partial charge on any atom is 0.303 e. The SMILES string of the molecule is CC(=O)NC(CCC(=O)O)Cc1cc(Cl)ccc1O. The smallest absolute Gasteiger partial charge is 0.303 e. The molecule has 0 aliphatic carbocycles. The fourth-order valence-electron chi connectivity index (χ4n) is 1.79. The average molecular weight is 286 g/mol. The van der Waals surface area contributed by atoms with Crippen molar-refractivity contribution in [2.75, 3.05) is 0 Å². The second-order valence-corrected chi connectivity index (χ2v) is 4.74. The number of amides is 1. The van der Waals surface area contributed by atoms with Gasteiger partial charge in [-0.25, -0.2) is 0 Å². The second kappa shape index (κ2) is 6.99. The Labute approximate surface area is 116 Å². The number of rotatable bonds is 6. The third-order valence-electron chi connectivity index (χ3n) is 2.62. The molecule has 1 rings (SSSR count). The first-order valence-corrected chi connectivity index (χ1v) is 6.22. The minimum absolute atomic E-state index is 0.0493. The quantitative estimate of drug-likeness (QED) is 0.746. The van der Waals surface area contributed by atoms with E-state index in [1.54, 1.807) is 12.1 Å². The molecule has 0 saturated carbocycles. The monoisotopic (exact) mass is 285 g/mol. The van der Waals surface area contributed by atoms with Crippen molar-refractivity contribution in [2.45, 2.75) is 32.2 Å². The molecule has 0 aliphatic heterocycles. The molecular formula is C13H16ClNO4. The van der Waals surface area contributed by atoms with E-state index >= 15 is 0 Å². The van der Waals surface area contributed by atoms with Gasteiger partial charge in [0.25, 0.3) is 0 Å². The highest BCUT2D eigenvalue weighted by Crippen LogP contribution is 2.23. The van der Waals surface area contributed by atoms with E-state index in [0.717, 1.165) is 0 Å². The molecule has 0 heterocycles. The lowest BCUT2D eigenvalue weighted by atomic mass is 10.0. The Kier molecular flexibility index (Phi) is 5.63. The van der Waals surface area contributed by atoms with E-state index < -0.39 is 5.97 Å². The molecule has 1 amide bonds. The van der Waals surface area contributed by atoms with Crippen LogP contribution in [0.3, 0.4) is 0 Å². The molecule has 6 heteroatoms. The van der Waals surface area contributed by atoms with Crippen LogP contribution in [0, 0.1) is 0 Å². The number of carbonyl (C=O) groups is 2. The maximum absolute atomic E-state index is 11.1. The number of carbonyl (C=O) groups excluding carboxylic acids is 1. The first-order valence-electron chi connectivity index (χ1n) is 5.84. The number of halogens is 1. The fraction of sp³-hybridized carbons (Fsp3) is 0.385. The largest absolute Gasteiger partial charge is 0.508 e. The van der Waals surface area contributed by atoms with E-state index in [2.05, 4.69) is 5.32 Å². The van der Waals surface area contributed by atoms with Crippen LogP contribution in [-0.4, -0.2) is 28.1 Å². The molecule has 0 saturated heterocycles. The van der Waals surface area contributed by atoms with E-state index in [4.69, 9.17) is 16.7 Å². The van der Waals surface area contributed by atoms with E-state index in [9.17, 15) is 14.7 Å². The number of carboxylic acid groups (broad SMARTS) is 1. The molecule has 19 heavy (non-hydrogen) atoms. The molecule has 0 spiro atoms. The summed E-state index contributed by atoms with van der Waals surface area (Å²) in [4.78, 5) is 21.7. The summed E-state index contributed by atoms with van der Waals surface area (Å²) in [6.45, 7) is 1.37. The molecule has 3 N–H and O–H groups in total. The van der Waals surface area contributed by atoms with Crippen molar-refractivity contribution in [1.29, 1.82) is 0 Å². The van der Waals surface area contributed by atoms with Gasteiger partial charge in [0.1, 0.15) is 5.75 Å². The summed E-state index contributed by atoms with van der Waals surface area (Å²) in [5.74, 6) is -1.09. The Morgan fingerprint density at radius 3 is 2.68 bits per heavy atom. The van der Waals surface area contributed by atoms with E-state index in [1.165, 1.54) is 13.0 Å². The van der Waals surface area contributed by atoms with Crippen LogP contribution in [-0.2, 0) is 16.0 Å². The van der Waals surface area contributed by atoms with Crippen molar-refractivity contribution in [3.8, 4) is 5.75 Å². The van der Waals surface area contributed by atoms with Gasteiger partial charge in [0.05, 0.1) is 0 Å². The number of aliphatic carboxylic acids is 1. The first-order chi connectivity index (χ1) is 8.88. The Balaban J connectivity index is 2.77. The summed E-state index contributed by atoms with van der Waals surface area (Å²) in [5, 5.41) is 21.5. The molecule has 1 aromatic rings. The Hall–Kier alpha value is -1.75. The van der Waals surface area contributed by atoms with Crippen LogP contribution in [0.4, 0.5) is 0 Å². The van der Waals surface area contributed by atoms with Gasteiger partial charge in [-0.05, 0) is 36.6 Å². The van der Waals surface area contributed by atoms with Gasteiger partial charge < -0.3 is 15.5 Å². The summed E-state index contributed by atoms with van der Waals surface area (Å²) < 4.78 is 0. The molecule has 0 fully saturated rings. The van der Waals surface area contributed by atoms with Crippen LogP contribution in [0.25, 0.3) is 0 Å². The van der Waals surface area contributed by atoms with E-state index in [0.29, 0.717) is 23.4 Å². The van der Waals surface area contributed by atoms with E-state index in [-0.39, 0.29) is 24.1 Å². The van der Waals surface area contributed by atoms with Gasteiger partial charge in [-0.2, -0.15) is 0 Å². The maximum atomic E-state index is 11.1. The molecule has 0 aromatic heterocycles. The highest BCUT2D eigenvalue weighted by molar-refractivity contribution is 6.30. The summed E-state index contributed by atoms with van der Waals surface area (Å²) in [6.07, 6.45) is 0.576. The zero-order valence-electron chi connectivity index (χ0n) is 10.5. The van der Waals surface area contributed by atoms with E-state index in [1.807, 2.05) is 0 Å². The third kappa shape index (κ3) is 5.61. The number of hydrogen-bond acceptors (Lipinski definition) is 3. The standard InChI is InChI=1S/C13H16ClNO4/c1-8(16)15-11(3-5-13(18)19)7-9-6-10(14)2-4-12(9)17/h2,4,6,11,17H,3,5,7H2,1H3,(H,15,16)(H,18,19). The van der Waals surface area contributed by atoms with Crippen LogP contribution < -0.4 is 5.32 Å². The number of phenolic OH excluding ortho intramolecular Hbond substituents is 1. The Morgan fingerprint density at radius 1 is 1.42 bits per heavy atom. The number of hydrogen-bond donors (Lipinski definition) is 3. The van der Waals surface area contributed by atoms with Crippen molar-refractivity contribution in [1.82, 2.24) is 5.32 Å². The number of benzene rings is 1. The number of phenols is 1. The molecule has 1 unspecified atom stereocenters. The highest BCUT2D eigenvalue weighted by atomic mass is 35.5. The highest BCUT2D eigenvalue weighted by Gasteiger charge is 2.15. The van der Waals surface area contributed by atoms with Gasteiger partial charge >= 0.3 is 5.97 Å². The molecule has 0 radical (unpaired) electrons. The van der Waals surface area contributed by atoms with Gasteiger partial charge in [0, 0.05) is 24.4 Å². The lowest BCUT2D eigenvalue weighted by Crippen LogP contribution is -2.35. The molecule has 5 nitrogen and oxygen atoms in total. The fourth-order valence-corrected chi connectivity index (χ4v) is 1.99. The summed E-state index contributed by atoms with van der Waals surface area (Å²) in [6, 6.07) is 4.29. The van der Waals surface area contributed by atoms with Gasteiger partial charge in [-0.1, -0.05) is 11.6 Å². The van der Waals surface area contributed by atoms with Crippen LogP contribution >= 0.6 is 11.6 Å². The number of nitrogens with one attached hydrogen (secondary N) is 1. The zero-order valence-corrected chi connectivity index (χ0v) is 11.3.